The van der Waals surface area contributed by atoms with Gasteiger partial charge in [0.15, 0.2) is 0 Å². The second kappa shape index (κ2) is 7.86. The van der Waals surface area contributed by atoms with Crippen LogP contribution in [-0.2, 0) is 6.54 Å². The van der Waals surface area contributed by atoms with Gasteiger partial charge in [0.25, 0.3) is 0 Å². The molecule has 5 rings (SSSR count). The lowest BCUT2D eigenvalue weighted by molar-refractivity contribution is -0.157. The highest BCUT2D eigenvalue weighted by Gasteiger charge is 2.62. The third kappa shape index (κ3) is 3.37. The third-order valence-electron chi connectivity index (χ3n) is 11.3. The van der Waals surface area contributed by atoms with E-state index >= 15 is 0 Å². The fourth-order valence-electron chi connectivity index (χ4n) is 9.86. The van der Waals surface area contributed by atoms with Gasteiger partial charge >= 0.3 is 0 Å². The monoisotopic (exact) mass is 437 g/mol. The van der Waals surface area contributed by atoms with Gasteiger partial charge in [-0.15, -0.1) is 0 Å². The van der Waals surface area contributed by atoms with Gasteiger partial charge in [-0.2, -0.15) is 10.4 Å². The molecule has 4 aliphatic carbocycles. The molecule has 1 N–H and O–H groups in total. The molecule has 1 aromatic rings. The molecule has 0 radical (unpaired) electrons. The largest absolute Gasteiger partial charge is 0.390 e. The molecular formula is C28H43N3O. The van der Waals surface area contributed by atoms with Crippen molar-refractivity contribution in [2.45, 2.75) is 104 Å². The molecule has 4 heteroatoms. The zero-order valence-corrected chi connectivity index (χ0v) is 20.7. The zero-order chi connectivity index (χ0) is 22.7. The molecule has 4 nitrogen and oxygen atoms in total. The smallest absolute Gasteiger partial charge is 0.102 e. The minimum absolute atomic E-state index is 0.439. The Morgan fingerprint density at radius 1 is 1.16 bits per heavy atom. The van der Waals surface area contributed by atoms with Gasteiger partial charge in [-0.3, -0.25) is 4.68 Å². The molecule has 9 atom stereocenters. The molecule has 0 saturated heterocycles. The standard InChI is InChI=1S/C28H43N3O/c1-5-28-13-12-26(3,32)14-21(28)6-7-22-24-9-8-23(27(24,4)11-10-25(22)28)19(2)17-31-18-20(15-29)16-30-31/h16,18-19,21-25,32H,5-14,17H2,1-4H3/t19-,21-,22+,23-,24+,25+,26-,27-,28+/m1/s1. The van der Waals surface area contributed by atoms with E-state index in [0.717, 1.165) is 49.0 Å². The number of hydrogen-bond donors (Lipinski definition) is 1. The van der Waals surface area contributed by atoms with Crippen molar-refractivity contribution in [3.8, 4) is 6.07 Å². The Labute approximate surface area is 194 Å². The van der Waals surface area contributed by atoms with Crippen LogP contribution in [-0.4, -0.2) is 20.5 Å². The van der Waals surface area contributed by atoms with E-state index in [0.29, 0.717) is 22.3 Å². The van der Waals surface area contributed by atoms with Crippen LogP contribution in [0.5, 0.6) is 0 Å². The number of nitriles is 1. The Kier molecular flexibility index (Phi) is 5.52. The average Bonchev–Trinajstić information content (AvgIpc) is 3.36. The molecule has 32 heavy (non-hydrogen) atoms. The molecule has 4 aliphatic rings. The predicted molar refractivity (Wildman–Crippen MR) is 127 cm³/mol. The summed E-state index contributed by atoms with van der Waals surface area (Å²) >= 11 is 0. The highest BCUT2D eigenvalue weighted by molar-refractivity contribution is 5.21. The van der Waals surface area contributed by atoms with Crippen molar-refractivity contribution in [1.29, 1.82) is 5.26 Å². The maximum atomic E-state index is 10.8. The lowest BCUT2D eigenvalue weighted by Gasteiger charge is -2.63. The summed E-state index contributed by atoms with van der Waals surface area (Å²) in [6, 6.07) is 2.21. The first-order valence-corrected chi connectivity index (χ1v) is 13.4. The van der Waals surface area contributed by atoms with Gasteiger partial charge in [-0.1, -0.05) is 20.8 Å². The molecule has 0 spiro atoms. The number of nitrogens with zero attached hydrogens (tertiary/aromatic N) is 3. The lowest BCUT2D eigenvalue weighted by Crippen LogP contribution is -2.56. The Bertz CT molecular complexity index is 883. The topological polar surface area (TPSA) is 61.8 Å². The second-order valence-corrected chi connectivity index (χ2v) is 12.7. The summed E-state index contributed by atoms with van der Waals surface area (Å²) in [5.41, 5.74) is 1.17. The van der Waals surface area contributed by atoms with E-state index < -0.39 is 5.60 Å². The molecule has 0 unspecified atom stereocenters. The van der Waals surface area contributed by atoms with Gasteiger partial charge in [-0.05, 0) is 117 Å². The summed E-state index contributed by atoms with van der Waals surface area (Å²) < 4.78 is 2.00. The molecule has 0 bridgehead atoms. The Hall–Kier alpha value is -1.34. The fourth-order valence-corrected chi connectivity index (χ4v) is 9.86. The van der Waals surface area contributed by atoms with Crippen molar-refractivity contribution in [2.24, 2.45) is 46.3 Å². The van der Waals surface area contributed by atoms with E-state index in [-0.39, 0.29) is 0 Å². The van der Waals surface area contributed by atoms with Crippen LogP contribution in [0, 0.1) is 57.7 Å². The maximum absolute atomic E-state index is 10.8. The summed E-state index contributed by atoms with van der Waals surface area (Å²) in [5, 5.41) is 24.4. The zero-order valence-electron chi connectivity index (χ0n) is 20.7. The van der Waals surface area contributed by atoms with Gasteiger partial charge in [0, 0.05) is 12.7 Å². The van der Waals surface area contributed by atoms with Crippen molar-refractivity contribution in [2.75, 3.05) is 0 Å². The summed E-state index contributed by atoms with van der Waals surface area (Å²) in [4.78, 5) is 0. The normalized spacial score (nSPS) is 46.6. The van der Waals surface area contributed by atoms with Crippen molar-refractivity contribution < 1.29 is 5.11 Å². The molecule has 176 valence electrons. The lowest BCUT2D eigenvalue weighted by atomic mass is 9.42. The van der Waals surface area contributed by atoms with Gasteiger partial charge in [0.1, 0.15) is 6.07 Å². The second-order valence-electron chi connectivity index (χ2n) is 12.7. The Morgan fingerprint density at radius 2 is 1.97 bits per heavy atom. The molecule has 1 aromatic heterocycles. The van der Waals surface area contributed by atoms with Crippen LogP contribution in [0.15, 0.2) is 12.4 Å². The number of hydrogen-bond acceptors (Lipinski definition) is 3. The van der Waals surface area contributed by atoms with Crippen LogP contribution in [0.4, 0.5) is 0 Å². The van der Waals surface area contributed by atoms with E-state index in [9.17, 15) is 5.11 Å². The van der Waals surface area contributed by atoms with E-state index in [1.54, 1.807) is 6.20 Å². The summed E-state index contributed by atoms with van der Waals surface area (Å²) in [6.07, 6.45) is 16.4. The van der Waals surface area contributed by atoms with Crippen LogP contribution < -0.4 is 0 Å². The molecule has 1 heterocycles. The third-order valence-corrected chi connectivity index (χ3v) is 11.3. The minimum atomic E-state index is -0.439. The maximum Gasteiger partial charge on any atom is 0.102 e. The molecule has 0 amide bonds. The van der Waals surface area contributed by atoms with Crippen molar-refractivity contribution >= 4 is 0 Å². The highest BCUT2D eigenvalue weighted by Crippen LogP contribution is 2.69. The minimum Gasteiger partial charge on any atom is -0.390 e. The number of fused-ring (bicyclic) bond motifs is 5. The van der Waals surface area contributed by atoms with E-state index in [1.165, 1.54) is 51.4 Å². The van der Waals surface area contributed by atoms with Crippen LogP contribution in [0.3, 0.4) is 0 Å². The molecular weight excluding hydrogens is 394 g/mol. The molecule has 4 fully saturated rings. The molecule has 4 saturated carbocycles. The van der Waals surface area contributed by atoms with Crippen LogP contribution in [0.2, 0.25) is 0 Å². The first-order chi connectivity index (χ1) is 15.2. The van der Waals surface area contributed by atoms with Crippen LogP contribution in [0.25, 0.3) is 0 Å². The van der Waals surface area contributed by atoms with Gasteiger partial charge in [0.2, 0.25) is 0 Å². The summed E-state index contributed by atoms with van der Waals surface area (Å²) in [6.45, 7) is 10.5. The van der Waals surface area contributed by atoms with Crippen LogP contribution >= 0.6 is 0 Å². The summed E-state index contributed by atoms with van der Waals surface area (Å²) in [7, 11) is 0. The SMILES string of the molecule is CC[C@]12CC[C@@](C)(O)C[C@H]1CC[C@H]1[C@@H]3CC[C@H]([C@H](C)Cn4cc(C#N)cn4)[C@@]3(C)CC[C@@H]12. The van der Waals surface area contributed by atoms with Gasteiger partial charge in [-0.25, -0.2) is 0 Å². The number of aromatic nitrogens is 2. The number of rotatable bonds is 4. The average molecular weight is 438 g/mol. The van der Waals surface area contributed by atoms with E-state index in [1.807, 2.05) is 10.9 Å². The Morgan fingerprint density at radius 3 is 2.69 bits per heavy atom. The molecule has 0 aliphatic heterocycles. The number of aliphatic hydroxyl groups is 1. The van der Waals surface area contributed by atoms with Crippen molar-refractivity contribution in [1.82, 2.24) is 9.78 Å². The quantitative estimate of drug-likeness (QED) is 0.611. The fraction of sp³-hybridized carbons (Fsp3) is 0.857. The molecule has 0 aromatic carbocycles. The van der Waals surface area contributed by atoms with Gasteiger partial charge < -0.3 is 5.11 Å². The van der Waals surface area contributed by atoms with Gasteiger partial charge in [0.05, 0.1) is 17.4 Å². The van der Waals surface area contributed by atoms with Crippen molar-refractivity contribution in [3.63, 3.8) is 0 Å². The van der Waals surface area contributed by atoms with Crippen LogP contribution in [0.1, 0.15) is 97.5 Å². The Balaban J connectivity index is 1.35. The van der Waals surface area contributed by atoms with E-state index in [4.69, 9.17) is 5.26 Å². The predicted octanol–water partition coefficient (Wildman–Crippen LogP) is 6.19. The highest BCUT2D eigenvalue weighted by atomic mass is 16.3. The first kappa shape index (κ1) is 22.5. The van der Waals surface area contributed by atoms with E-state index in [2.05, 4.69) is 38.9 Å². The van der Waals surface area contributed by atoms with Crippen molar-refractivity contribution in [3.05, 3.63) is 18.0 Å². The summed E-state index contributed by atoms with van der Waals surface area (Å²) in [5.74, 6) is 4.71. The first-order valence-electron chi connectivity index (χ1n) is 13.4.